The lowest BCUT2D eigenvalue weighted by Gasteiger charge is -2.21. The molecule has 0 aliphatic carbocycles. The molecule has 8 nitrogen and oxygen atoms in total. The smallest absolute Gasteiger partial charge is 0.318 e. The summed E-state index contributed by atoms with van der Waals surface area (Å²) in [4.78, 5) is 40.7. The molecule has 0 fully saturated rings. The number of primary amides is 1. The second kappa shape index (κ2) is 8.73. The number of carbonyl (C=O) groups excluding carboxylic acids is 2. The van der Waals surface area contributed by atoms with Crippen molar-refractivity contribution in [1.82, 2.24) is 14.9 Å². The summed E-state index contributed by atoms with van der Waals surface area (Å²) in [5.41, 5.74) is 5.07. The summed E-state index contributed by atoms with van der Waals surface area (Å²) in [6.07, 6.45) is -0.800. The van der Waals surface area contributed by atoms with Crippen LogP contribution in [-0.2, 0) is 11.3 Å². The standard InChI is InChI=1S/C17H21ClN4O4S/c1-8(2)13(14(24)21-16(19)26)27-17-20-12-6-10(18)4-5-11(12)15(25)22(17)7-9(3)23/h4-6,8-9,13,23H,7H2,1-3H3,(H3,19,21,24,26)/t9-,13+/m0/s1. The largest absolute Gasteiger partial charge is 0.392 e. The molecule has 27 heavy (non-hydrogen) atoms. The van der Waals surface area contributed by atoms with Crippen molar-refractivity contribution in [3.63, 3.8) is 0 Å². The van der Waals surface area contributed by atoms with Crippen LogP contribution in [0, 0.1) is 5.92 Å². The Labute approximate surface area is 165 Å². The molecule has 1 aromatic heterocycles. The number of imide groups is 1. The molecule has 2 atom stereocenters. The average molecular weight is 413 g/mol. The van der Waals surface area contributed by atoms with Crippen LogP contribution >= 0.6 is 23.4 Å². The molecule has 0 radical (unpaired) electrons. The third kappa shape index (κ3) is 5.21. The molecule has 0 aliphatic heterocycles. The first kappa shape index (κ1) is 21.2. The lowest BCUT2D eigenvalue weighted by molar-refractivity contribution is -0.120. The van der Waals surface area contributed by atoms with Crippen molar-refractivity contribution in [2.45, 2.75) is 43.8 Å². The van der Waals surface area contributed by atoms with Gasteiger partial charge in [0.25, 0.3) is 5.56 Å². The van der Waals surface area contributed by atoms with E-state index in [1.807, 2.05) is 0 Å². The Morgan fingerprint density at radius 2 is 2.04 bits per heavy atom. The number of amides is 3. The molecule has 10 heteroatoms. The van der Waals surface area contributed by atoms with Gasteiger partial charge >= 0.3 is 6.03 Å². The van der Waals surface area contributed by atoms with Gasteiger partial charge in [-0.25, -0.2) is 9.78 Å². The molecule has 0 saturated carbocycles. The van der Waals surface area contributed by atoms with Crippen LogP contribution in [0.25, 0.3) is 10.9 Å². The van der Waals surface area contributed by atoms with Crippen LogP contribution in [0.2, 0.25) is 5.02 Å². The minimum absolute atomic E-state index is 0.00892. The number of hydrogen-bond donors (Lipinski definition) is 3. The van der Waals surface area contributed by atoms with Crippen LogP contribution < -0.4 is 16.6 Å². The van der Waals surface area contributed by atoms with E-state index in [1.165, 1.54) is 4.57 Å². The van der Waals surface area contributed by atoms with Gasteiger partial charge in [-0.05, 0) is 31.0 Å². The lowest BCUT2D eigenvalue weighted by Crippen LogP contribution is -2.42. The van der Waals surface area contributed by atoms with Crippen molar-refractivity contribution in [3.05, 3.63) is 33.6 Å². The predicted octanol–water partition coefficient (Wildman–Crippen LogP) is 1.74. The van der Waals surface area contributed by atoms with Crippen molar-refractivity contribution in [1.29, 1.82) is 0 Å². The van der Waals surface area contributed by atoms with Gasteiger partial charge in [-0.1, -0.05) is 37.2 Å². The third-order valence-corrected chi connectivity index (χ3v) is 5.44. The zero-order valence-corrected chi connectivity index (χ0v) is 16.7. The summed E-state index contributed by atoms with van der Waals surface area (Å²) in [5, 5.41) is 12.1. The number of benzene rings is 1. The molecule has 4 N–H and O–H groups in total. The van der Waals surface area contributed by atoms with Gasteiger partial charge in [0.2, 0.25) is 5.91 Å². The molecule has 2 rings (SSSR count). The molecule has 0 aliphatic rings. The summed E-state index contributed by atoms with van der Waals surface area (Å²) in [6.45, 7) is 5.15. The molecule has 0 unspecified atom stereocenters. The lowest BCUT2D eigenvalue weighted by atomic mass is 10.1. The third-order valence-electron chi connectivity index (χ3n) is 3.67. The maximum Gasteiger partial charge on any atom is 0.318 e. The molecule has 0 saturated heterocycles. The van der Waals surface area contributed by atoms with Crippen molar-refractivity contribution in [2.24, 2.45) is 11.7 Å². The van der Waals surface area contributed by atoms with Crippen LogP contribution in [0.3, 0.4) is 0 Å². The second-order valence-corrected chi connectivity index (χ2v) is 8.00. The van der Waals surface area contributed by atoms with Crippen molar-refractivity contribution >= 4 is 46.2 Å². The second-order valence-electron chi connectivity index (χ2n) is 6.46. The minimum atomic E-state index is -0.953. The van der Waals surface area contributed by atoms with Crippen molar-refractivity contribution < 1.29 is 14.7 Å². The fraction of sp³-hybridized carbons (Fsp3) is 0.412. The number of aromatic nitrogens is 2. The Hall–Kier alpha value is -2.10. The highest BCUT2D eigenvalue weighted by molar-refractivity contribution is 8.00. The fourth-order valence-electron chi connectivity index (χ4n) is 2.49. The molecule has 1 aromatic carbocycles. The molecule has 1 heterocycles. The maximum absolute atomic E-state index is 12.9. The van der Waals surface area contributed by atoms with E-state index in [4.69, 9.17) is 17.3 Å². The van der Waals surface area contributed by atoms with E-state index in [0.29, 0.717) is 15.9 Å². The van der Waals surface area contributed by atoms with Gasteiger partial charge < -0.3 is 10.8 Å². The summed E-state index contributed by atoms with van der Waals surface area (Å²) in [5.74, 6) is -0.757. The van der Waals surface area contributed by atoms with Crippen LogP contribution in [0.15, 0.2) is 28.2 Å². The first-order chi connectivity index (χ1) is 12.6. The van der Waals surface area contributed by atoms with Crippen LogP contribution in [0.1, 0.15) is 20.8 Å². The number of nitrogens with two attached hydrogens (primary N) is 1. The van der Waals surface area contributed by atoms with E-state index < -0.39 is 23.3 Å². The van der Waals surface area contributed by atoms with Gasteiger partial charge in [-0.2, -0.15) is 0 Å². The summed E-state index contributed by atoms with van der Waals surface area (Å²) < 4.78 is 1.32. The number of carbonyl (C=O) groups is 2. The number of fused-ring (bicyclic) bond motifs is 1. The molecular weight excluding hydrogens is 392 g/mol. The zero-order valence-electron chi connectivity index (χ0n) is 15.1. The van der Waals surface area contributed by atoms with E-state index >= 15 is 0 Å². The molecule has 3 amide bonds. The Bertz CT molecular complexity index is 929. The first-order valence-corrected chi connectivity index (χ1v) is 9.51. The number of halogens is 1. The number of thioether (sulfide) groups is 1. The van der Waals surface area contributed by atoms with E-state index in [2.05, 4.69) is 10.3 Å². The Kier molecular flexibility index (Phi) is 6.85. The van der Waals surface area contributed by atoms with E-state index in [0.717, 1.165) is 11.8 Å². The highest BCUT2D eigenvalue weighted by Gasteiger charge is 2.27. The number of aliphatic hydroxyl groups excluding tert-OH is 1. The number of aliphatic hydroxyl groups is 1. The number of hydrogen-bond acceptors (Lipinski definition) is 6. The Balaban J connectivity index is 2.58. The SMILES string of the molecule is CC(C)[C@@H](Sc1nc2cc(Cl)ccc2c(=O)n1C[C@H](C)O)C(=O)NC(N)=O. The minimum Gasteiger partial charge on any atom is -0.392 e. The Morgan fingerprint density at radius 1 is 1.37 bits per heavy atom. The van der Waals surface area contributed by atoms with Gasteiger partial charge in [0, 0.05) is 5.02 Å². The van der Waals surface area contributed by atoms with E-state index in [1.54, 1.807) is 39.0 Å². The summed E-state index contributed by atoms with van der Waals surface area (Å²) in [6, 6.07) is 3.76. The molecule has 2 aromatic rings. The zero-order chi connectivity index (χ0) is 20.3. The quantitative estimate of drug-likeness (QED) is 0.489. The van der Waals surface area contributed by atoms with E-state index in [9.17, 15) is 19.5 Å². The molecular formula is C17H21ClN4O4S. The highest BCUT2D eigenvalue weighted by atomic mass is 35.5. The van der Waals surface area contributed by atoms with E-state index in [-0.39, 0.29) is 23.2 Å². The number of nitrogens with zero attached hydrogens (tertiary/aromatic N) is 2. The molecule has 0 bridgehead atoms. The highest BCUT2D eigenvalue weighted by Crippen LogP contribution is 2.28. The van der Waals surface area contributed by atoms with Crippen LogP contribution in [0.5, 0.6) is 0 Å². The molecule has 0 spiro atoms. The molecule has 146 valence electrons. The van der Waals surface area contributed by atoms with Gasteiger partial charge in [0.15, 0.2) is 5.16 Å². The van der Waals surface area contributed by atoms with Gasteiger partial charge in [-0.15, -0.1) is 0 Å². The summed E-state index contributed by atoms with van der Waals surface area (Å²) in [7, 11) is 0. The number of rotatable bonds is 6. The number of nitrogens with one attached hydrogen (secondary N) is 1. The van der Waals surface area contributed by atoms with Gasteiger partial charge in [0.1, 0.15) is 0 Å². The monoisotopic (exact) mass is 412 g/mol. The van der Waals surface area contributed by atoms with Crippen LogP contribution in [0.4, 0.5) is 4.79 Å². The predicted molar refractivity (Wildman–Crippen MR) is 105 cm³/mol. The number of urea groups is 1. The van der Waals surface area contributed by atoms with Crippen molar-refractivity contribution in [2.75, 3.05) is 0 Å². The van der Waals surface area contributed by atoms with Crippen LogP contribution in [-0.4, -0.2) is 37.9 Å². The Morgan fingerprint density at radius 3 is 2.59 bits per heavy atom. The maximum atomic E-state index is 12.9. The van der Waals surface area contributed by atoms with Gasteiger partial charge in [0.05, 0.1) is 28.8 Å². The topological polar surface area (TPSA) is 127 Å². The summed E-state index contributed by atoms with van der Waals surface area (Å²) >= 11 is 7.03. The van der Waals surface area contributed by atoms with Crippen molar-refractivity contribution in [3.8, 4) is 0 Å². The normalized spacial score (nSPS) is 13.6. The fourth-order valence-corrected chi connectivity index (χ4v) is 3.75. The first-order valence-electron chi connectivity index (χ1n) is 8.25. The average Bonchev–Trinajstić information content (AvgIpc) is 2.54. The van der Waals surface area contributed by atoms with Gasteiger partial charge in [-0.3, -0.25) is 19.5 Å².